The number of aryl methyl sites for hydroxylation is 1. The molecule has 6 heteroatoms. The molecule has 1 aromatic rings. The monoisotopic (exact) mass is 268 g/mol. The second-order valence-corrected chi connectivity index (χ2v) is 4.32. The van der Waals surface area contributed by atoms with Gasteiger partial charge in [0.1, 0.15) is 11.9 Å². The molecule has 104 valence electrons. The van der Waals surface area contributed by atoms with Gasteiger partial charge in [0.05, 0.1) is 0 Å². The smallest absolute Gasteiger partial charge is 0.326 e. The third-order valence-electron chi connectivity index (χ3n) is 2.75. The van der Waals surface area contributed by atoms with E-state index in [4.69, 9.17) is 5.11 Å². The molecule has 5 nitrogen and oxygen atoms in total. The number of urea groups is 1. The van der Waals surface area contributed by atoms with Crippen LogP contribution in [0.4, 0.5) is 14.9 Å². The third-order valence-corrected chi connectivity index (χ3v) is 2.75. The lowest BCUT2D eigenvalue weighted by Gasteiger charge is -2.24. The first-order valence-electron chi connectivity index (χ1n) is 5.89. The van der Waals surface area contributed by atoms with Crippen molar-refractivity contribution < 1.29 is 19.1 Å². The van der Waals surface area contributed by atoms with Gasteiger partial charge in [-0.25, -0.2) is 14.0 Å². The van der Waals surface area contributed by atoms with E-state index in [-0.39, 0.29) is 0 Å². The fourth-order valence-corrected chi connectivity index (χ4v) is 1.78. The number of carboxylic acid groups (broad SMARTS) is 1. The number of nitrogens with zero attached hydrogens (tertiary/aromatic N) is 1. The Bertz CT molecular complexity index is 471. The quantitative estimate of drug-likeness (QED) is 0.881. The van der Waals surface area contributed by atoms with Crippen molar-refractivity contribution >= 4 is 17.7 Å². The van der Waals surface area contributed by atoms with Gasteiger partial charge in [0.25, 0.3) is 0 Å². The molecule has 19 heavy (non-hydrogen) atoms. The number of hydrogen-bond donors (Lipinski definition) is 2. The first kappa shape index (κ1) is 14.9. The Labute approximate surface area is 111 Å². The Kier molecular flexibility index (Phi) is 4.86. The fourth-order valence-electron chi connectivity index (χ4n) is 1.78. The molecule has 0 spiro atoms. The molecule has 1 atom stereocenters. The van der Waals surface area contributed by atoms with Crippen molar-refractivity contribution in [3.63, 3.8) is 0 Å². The largest absolute Gasteiger partial charge is 0.480 e. The van der Waals surface area contributed by atoms with Gasteiger partial charge in [0.15, 0.2) is 0 Å². The Morgan fingerprint density at radius 3 is 2.53 bits per heavy atom. The Morgan fingerprint density at radius 1 is 1.42 bits per heavy atom. The van der Waals surface area contributed by atoms with Gasteiger partial charge in [0, 0.05) is 12.7 Å². The van der Waals surface area contributed by atoms with Gasteiger partial charge in [0.2, 0.25) is 0 Å². The predicted octanol–water partition coefficient (Wildman–Crippen LogP) is 2.46. The van der Waals surface area contributed by atoms with Gasteiger partial charge >= 0.3 is 12.0 Å². The van der Waals surface area contributed by atoms with Crippen LogP contribution in [0.2, 0.25) is 0 Å². The molecule has 0 heterocycles. The van der Waals surface area contributed by atoms with Crippen LogP contribution in [-0.4, -0.2) is 35.1 Å². The van der Waals surface area contributed by atoms with Crippen molar-refractivity contribution in [3.05, 3.63) is 29.6 Å². The number of likely N-dealkylation sites (N-methyl/N-ethyl adjacent to an activating group) is 1. The number of hydrogen-bond acceptors (Lipinski definition) is 2. The molecule has 0 aliphatic rings. The lowest BCUT2D eigenvalue weighted by atomic mass is 10.2. The van der Waals surface area contributed by atoms with Crippen molar-refractivity contribution in [3.8, 4) is 0 Å². The van der Waals surface area contributed by atoms with E-state index in [1.54, 1.807) is 19.9 Å². The maximum Gasteiger partial charge on any atom is 0.326 e. The average molecular weight is 268 g/mol. The molecule has 0 aliphatic carbocycles. The minimum absolute atomic E-state index is 0.293. The van der Waals surface area contributed by atoms with Gasteiger partial charge in [-0.2, -0.15) is 0 Å². The topological polar surface area (TPSA) is 69.6 Å². The Hall–Kier alpha value is -2.11. The number of benzene rings is 1. The van der Waals surface area contributed by atoms with E-state index in [0.717, 1.165) is 4.90 Å². The van der Waals surface area contributed by atoms with Gasteiger partial charge in [-0.15, -0.1) is 0 Å². The highest BCUT2D eigenvalue weighted by Gasteiger charge is 2.24. The highest BCUT2D eigenvalue weighted by Crippen LogP contribution is 2.14. The second kappa shape index (κ2) is 6.17. The number of rotatable bonds is 4. The van der Waals surface area contributed by atoms with Gasteiger partial charge < -0.3 is 15.3 Å². The zero-order valence-corrected chi connectivity index (χ0v) is 11.1. The van der Waals surface area contributed by atoms with Crippen LogP contribution in [0.3, 0.4) is 0 Å². The molecular formula is C13H17FN2O3. The standard InChI is InChI=1S/C13H17FN2O3/c1-4-11(12(17)18)16(3)13(19)15-10-6-8(2)5-9(14)7-10/h5-7,11H,4H2,1-3H3,(H,15,19)(H,17,18). The SMILES string of the molecule is CCC(C(=O)O)N(C)C(=O)Nc1cc(C)cc(F)c1. The number of amides is 2. The molecule has 2 amide bonds. The van der Waals surface area contributed by atoms with Gasteiger partial charge in [-0.1, -0.05) is 6.92 Å². The van der Waals surface area contributed by atoms with Crippen LogP contribution in [0.15, 0.2) is 18.2 Å². The van der Waals surface area contributed by atoms with Gasteiger partial charge in [-0.05, 0) is 37.1 Å². The molecule has 0 aromatic heterocycles. The summed E-state index contributed by atoms with van der Waals surface area (Å²) in [7, 11) is 1.39. The molecular weight excluding hydrogens is 251 g/mol. The summed E-state index contributed by atoms with van der Waals surface area (Å²) in [5, 5.41) is 11.4. The highest BCUT2D eigenvalue weighted by atomic mass is 19.1. The highest BCUT2D eigenvalue weighted by molar-refractivity contribution is 5.92. The third kappa shape index (κ3) is 3.94. The number of anilines is 1. The van der Waals surface area contributed by atoms with Crippen molar-refractivity contribution in [2.24, 2.45) is 0 Å². The van der Waals surface area contributed by atoms with E-state index in [9.17, 15) is 14.0 Å². The van der Waals surface area contributed by atoms with E-state index < -0.39 is 23.9 Å². The number of halogens is 1. The lowest BCUT2D eigenvalue weighted by molar-refractivity contribution is -0.141. The summed E-state index contributed by atoms with van der Waals surface area (Å²) < 4.78 is 13.2. The van der Waals surface area contributed by atoms with E-state index in [0.29, 0.717) is 17.7 Å². The van der Waals surface area contributed by atoms with Crippen LogP contribution < -0.4 is 5.32 Å². The predicted molar refractivity (Wildman–Crippen MR) is 69.6 cm³/mol. The number of aliphatic carboxylic acids is 1. The molecule has 0 saturated heterocycles. The maximum absolute atomic E-state index is 13.2. The van der Waals surface area contributed by atoms with Crippen molar-refractivity contribution in [1.29, 1.82) is 0 Å². The minimum Gasteiger partial charge on any atom is -0.480 e. The van der Waals surface area contributed by atoms with E-state index in [2.05, 4.69) is 5.32 Å². The molecule has 0 saturated carbocycles. The summed E-state index contributed by atoms with van der Waals surface area (Å²) in [6.45, 7) is 3.38. The minimum atomic E-state index is -1.07. The van der Waals surface area contributed by atoms with Gasteiger partial charge in [-0.3, -0.25) is 0 Å². The van der Waals surface area contributed by atoms with Crippen molar-refractivity contribution in [1.82, 2.24) is 4.90 Å². The maximum atomic E-state index is 13.2. The normalized spacial score (nSPS) is 11.8. The average Bonchev–Trinajstić information content (AvgIpc) is 2.27. The zero-order chi connectivity index (χ0) is 14.6. The Balaban J connectivity index is 2.81. The van der Waals surface area contributed by atoms with Crippen LogP contribution in [-0.2, 0) is 4.79 Å². The summed E-state index contributed by atoms with van der Waals surface area (Å²) in [5.41, 5.74) is 0.970. The first-order chi connectivity index (χ1) is 8.85. The number of carbonyl (C=O) groups is 2. The lowest BCUT2D eigenvalue weighted by Crippen LogP contribution is -2.44. The molecule has 1 unspecified atom stereocenters. The van der Waals surface area contributed by atoms with Crippen molar-refractivity contribution in [2.45, 2.75) is 26.3 Å². The molecule has 0 bridgehead atoms. The molecule has 1 aromatic carbocycles. The summed E-state index contributed by atoms with van der Waals surface area (Å²) >= 11 is 0. The molecule has 1 rings (SSSR count). The van der Waals surface area contributed by atoms with Crippen LogP contribution in [0.5, 0.6) is 0 Å². The molecule has 0 fully saturated rings. The summed E-state index contributed by atoms with van der Waals surface area (Å²) in [6, 6.07) is 2.64. The van der Waals surface area contributed by atoms with Crippen LogP contribution in [0.25, 0.3) is 0 Å². The van der Waals surface area contributed by atoms with Crippen LogP contribution in [0.1, 0.15) is 18.9 Å². The number of carboxylic acids is 1. The summed E-state index contributed by atoms with van der Waals surface area (Å²) in [4.78, 5) is 23.9. The first-order valence-corrected chi connectivity index (χ1v) is 5.89. The molecule has 0 radical (unpaired) electrons. The second-order valence-electron chi connectivity index (χ2n) is 4.32. The van der Waals surface area contributed by atoms with E-state index in [1.165, 1.54) is 19.2 Å². The van der Waals surface area contributed by atoms with E-state index >= 15 is 0 Å². The fraction of sp³-hybridized carbons (Fsp3) is 0.385. The molecule has 0 aliphatic heterocycles. The number of carbonyl (C=O) groups excluding carboxylic acids is 1. The Morgan fingerprint density at radius 2 is 2.05 bits per heavy atom. The van der Waals surface area contributed by atoms with Crippen LogP contribution in [0, 0.1) is 12.7 Å². The zero-order valence-electron chi connectivity index (χ0n) is 11.1. The number of nitrogens with one attached hydrogen (secondary N) is 1. The summed E-state index contributed by atoms with van der Waals surface area (Å²) in [6.07, 6.45) is 0.293. The van der Waals surface area contributed by atoms with Crippen molar-refractivity contribution in [2.75, 3.05) is 12.4 Å². The van der Waals surface area contributed by atoms with E-state index in [1.807, 2.05) is 0 Å². The molecule has 2 N–H and O–H groups in total. The van der Waals surface area contributed by atoms with Crippen LogP contribution >= 0.6 is 0 Å². The summed E-state index contributed by atoms with van der Waals surface area (Å²) in [5.74, 6) is -1.53.